The van der Waals surface area contributed by atoms with Gasteiger partial charge < -0.3 is 10.4 Å². The van der Waals surface area contributed by atoms with Crippen LogP contribution >= 0.6 is 0 Å². The maximum atomic E-state index is 11.8. The van der Waals surface area contributed by atoms with E-state index in [1.54, 1.807) is 0 Å². The number of β-amino-alcohol motifs (C(OH)–C–C–N with tert-alkyl or cyclic N) is 1. The summed E-state index contributed by atoms with van der Waals surface area (Å²) < 4.78 is 0. The van der Waals surface area contributed by atoms with E-state index in [1.807, 2.05) is 46.4 Å². The molecule has 0 aromatic rings. The monoisotopic (exact) mass is 242 g/mol. The predicted molar refractivity (Wildman–Crippen MR) is 68.7 cm³/mol. The minimum Gasteiger partial charge on any atom is -0.388 e. The Balaban J connectivity index is 2.54. The van der Waals surface area contributed by atoms with Crippen molar-refractivity contribution in [3.05, 3.63) is 0 Å². The molecule has 17 heavy (non-hydrogen) atoms. The maximum Gasteiger partial charge on any atom is 0.234 e. The molecule has 100 valence electrons. The minimum atomic E-state index is -0.727. The number of nitrogens with zero attached hydrogens (tertiary/aromatic N) is 1. The number of rotatable bonds is 2. The first-order valence-corrected chi connectivity index (χ1v) is 6.19. The molecule has 2 N–H and O–H groups in total. The Kier molecular flexibility index (Phi) is 3.61. The highest BCUT2D eigenvalue weighted by atomic mass is 16.3. The standard InChI is InChI=1S/C13H26N2O2/c1-11(2,3)14-10(16)7-15-8-12(4,5)13(6,17)9-15/h17H,7-9H2,1-6H3,(H,14,16)/t13-/m1/s1. The highest BCUT2D eigenvalue weighted by molar-refractivity contribution is 5.78. The van der Waals surface area contributed by atoms with Crippen LogP contribution in [0, 0.1) is 5.41 Å². The second-order valence-corrected chi connectivity index (χ2v) is 7.10. The van der Waals surface area contributed by atoms with Crippen molar-refractivity contribution in [1.82, 2.24) is 10.2 Å². The second-order valence-electron chi connectivity index (χ2n) is 7.10. The zero-order valence-electron chi connectivity index (χ0n) is 11.9. The number of hydrogen-bond donors (Lipinski definition) is 2. The lowest BCUT2D eigenvalue weighted by atomic mass is 9.79. The van der Waals surface area contributed by atoms with Gasteiger partial charge in [-0.05, 0) is 27.7 Å². The van der Waals surface area contributed by atoms with Crippen LogP contribution in [0.5, 0.6) is 0 Å². The largest absolute Gasteiger partial charge is 0.388 e. The van der Waals surface area contributed by atoms with Gasteiger partial charge in [0.2, 0.25) is 5.91 Å². The average molecular weight is 242 g/mol. The summed E-state index contributed by atoms with van der Waals surface area (Å²) in [6, 6.07) is 0. The van der Waals surface area contributed by atoms with E-state index in [-0.39, 0.29) is 16.9 Å². The molecule has 1 fully saturated rings. The van der Waals surface area contributed by atoms with E-state index in [9.17, 15) is 9.90 Å². The van der Waals surface area contributed by atoms with Crippen molar-refractivity contribution in [1.29, 1.82) is 0 Å². The molecule has 1 rings (SSSR count). The molecule has 4 nitrogen and oxygen atoms in total. The third-order valence-corrected chi connectivity index (χ3v) is 3.49. The molecule has 0 bridgehead atoms. The summed E-state index contributed by atoms with van der Waals surface area (Å²) in [5.41, 5.74) is -1.10. The van der Waals surface area contributed by atoms with Crippen LogP contribution in [0.3, 0.4) is 0 Å². The summed E-state index contributed by atoms with van der Waals surface area (Å²) in [5.74, 6) is 0.0194. The van der Waals surface area contributed by atoms with Crippen molar-refractivity contribution in [3.8, 4) is 0 Å². The van der Waals surface area contributed by atoms with Crippen molar-refractivity contribution >= 4 is 5.91 Å². The third kappa shape index (κ3) is 3.68. The van der Waals surface area contributed by atoms with Crippen LogP contribution in [-0.4, -0.2) is 46.7 Å². The lowest BCUT2D eigenvalue weighted by Gasteiger charge is -2.31. The van der Waals surface area contributed by atoms with Gasteiger partial charge in [0.1, 0.15) is 0 Å². The summed E-state index contributed by atoms with van der Waals surface area (Å²) in [7, 11) is 0. The molecule has 1 heterocycles. The van der Waals surface area contributed by atoms with Gasteiger partial charge in [-0.15, -0.1) is 0 Å². The van der Waals surface area contributed by atoms with Gasteiger partial charge in [0.25, 0.3) is 0 Å². The number of hydrogen-bond acceptors (Lipinski definition) is 3. The van der Waals surface area contributed by atoms with Gasteiger partial charge in [0.15, 0.2) is 0 Å². The molecule has 1 amide bonds. The molecule has 1 saturated heterocycles. The van der Waals surface area contributed by atoms with Crippen LogP contribution in [0.15, 0.2) is 0 Å². The lowest BCUT2D eigenvalue weighted by molar-refractivity contribution is -0.123. The van der Waals surface area contributed by atoms with Crippen molar-refractivity contribution in [2.75, 3.05) is 19.6 Å². The maximum absolute atomic E-state index is 11.8. The molecule has 0 saturated carbocycles. The fraction of sp³-hybridized carbons (Fsp3) is 0.923. The summed E-state index contributed by atoms with van der Waals surface area (Å²) in [6.07, 6.45) is 0. The smallest absolute Gasteiger partial charge is 0.234 e. The molecule has 1 atom stereocenters. The van der Waals surface area contributed by atoms with E-state index in [0.29, 0.717) is 13.1 Å². The van der Waals surface area contributed by atoms with Crippen molar-refractivity contribution in [3.63, 3.8) is 0 Å². The van der Waals surface area contributed by atoms with Crippen LogP contribution in [0.4, 0.5) is 0 Å². The highest BCUT2D eigenvalue weighted by Gasteiger charge is 2.47. The first-order valence-electron chi connectivity index (χ1n) is 6.19. The first-order chi connectivity index (χ1) is 7.43. The van der Waals surface area contributed by atoms with Crippen LogP contribution in [-0.2, 0) is 4.79 Å². The zero-order valence-corrected chi connectivity index (χ0v) is 11.9. The number of carbonyl (C=O) groups excluding carboxylic acids is 1. The Morgan fingerprint density at radius 2 is 1.82 bits per heavy atom. The van der Waals surface area contributed by atoms with Crippen LogP contribution in [0.25, 0.3) is 0 Å². The second kappa shape index (κ2) is 4.25. The Labute approximate surface area is 104 Å². The number of amides is 1. The van der Waals surface area contributed by atoms with Crippen molar-refractivity contribution in [2.45, 2.75) is 52.7 Å². The molecule has 1 aliphatic heterocycles. The highest BCUT2D eigenvalue weighted by Crippen LogP contribution is 2.38. The van der Waals surface area contributed by atoms with E-state index in [1.165, 1.54) is 0 Å². The predicted octanol–water partition coefficient (Wildman–Crippen LogP) is 0.994. The zero-order chi connectivity index (χ0) is 13.5. The molecular formula is C13H26N2O2. The van der Waals surface area contributed by atoms with Gasteiger partial charge in [-0.3, -0.25) is 9.69 Å². The minimum absolute atomic E-state index is 0.0194. The van der Waals surface area contributed by atoms with E-state index in [4.69, 9.17) is 0 Å². The number of aliphatic hydroxyl groups is 1. The molecule has 0 aliphatic carbocycles. The van der Waals surface area contributed by atoms with E-state index >= 15 is 0 Å². The quantitative estimate of drug-likeness (QED) is 0.759. The van der Waals surface area contributed by atoms with Crippen molar-refractivity contribution in [2.24, 2.45) is 5.41 Å². The molecule has 0 spiro atoms. The first kappa shape index (κ1) is 14.5. The summed E-state index contributed by atoms with van der Waals surface area (Å²) in [4.78, 5) is 13.8. The molecule has 1 aliphatic rings. The number of carbonyl (C=O) groups is 1. The Bertz CT molecular complexity index is 287. The molecule has 0 aromatic heterocycles. The summed E-state index contributed by atoms with van der Waals surface area (Å²) in [6.45, 7) is 13.5. The molecular weight excluding hydrogens is 216 g/mol. The molecule has 0 radical (unpaired) electrons. The molecule has 4 heteroatoms. The number of likely N-dealkylation sites (tertiary alicyclic amines) is 1. The lowest BCUT2D eigenvalue weighted by Crippen LogP contribution is -2.46. The van der Waals surface area contributed by atoms with Crippen LogP contribution < -0.4 is 5.32 Å². The topological polar surface area (TPSA) is 52.6 Å². The van der Waals surface area contributed by atoms with Gasteiger partial charge in [0, 0.05) is 24.0 Å². The van der Waals surface area contributed by atoms with Gasteiger partial charge in [0.05, 0.1) is 12.1 Å². The molecule has 0 aromatic carbocycles. The summed E-state index contributed by atoms with van der Waals surface area (Å²) >= 11 is 0. The summed E-state index contributed by atoms with van der Waals surface area (Å²) in [5, 5.41) is 13.2. The normalized spacial score (nSPS) is 29.4. The van der Waals surface area contributed by atoms with E-state index in [2.05, 4.69) is 5.32 Å². The Hall–Kier alpha value is -0.610. The van der Waals surface area contributed by atoms with E-state index in [0.717, 1.165) is 6.54 Å². The third-order valence-electron chi connectivity index (χ3n) is 3.49. The van der Waals surface area contributed by atoms with Crippen LogP contribution in [0.2, 0.25) is 0 Å². The molecule has 0 unspecified atom stereocenters. The fourth-order valence-corrected chi connectivity index (χ4v) is 2.21. The van der Waals surface area contributed by atoms with Gasteiger partial charge in [-0.1, -0.05) is 13.8 Å². The van der Waals surface area contributed by atoms with Crippen molar-refractivity contribution < 1.29 is 9.90 Å². The van der Waals surface area contributed by atoms with Crippen LogP contribution in [0.1, 0.15) is 41.5 Å². The average Bonchev–Trinajstić information content (AvgIpc) is 2.13. The fourth-order valence-electron chi connectivity index (χ4n) is 2.21. The van der Waals surface area contributed by atoms with E-state index < -0.39 is 5.60 Å². The van der Waals surface area contributed by atoms with Gasteiger partial charge in [-0.25, -0.2) is 0 Å². The Morgan fingerprint density at radius 1 is 1.29 bits per heavy atom. The SMILES string of the molecule is CC(C)(C)NC(=O)CN1CC(C)(C)[C@](C)(O)C1. The Morgan fingerprint density at radius 3 is 2.18 bits per heavy atom. The number of nitrogens with one attached hydrogen (secondary N) is 1. The van der Waals surface area contributed by atoms with Gasteiger partial charge >= 0.3 is 0 Å². The van der Waals surface area contributed by atoms with Gasteiger partial charge in [-0.2, -0.15) is 0 Å².